The van der Waals surface area contributed by atoms with Crippen LogP contribution in [0.5, 0.6) is 5.88 Å². The summed E-state index contributed by atoms with van der Waals surface area (Å²) in [6, 6.07) is 9.61. The number of ketones is 1. The van der Waals surface area contributed by atoms with Crippen molar-refractivity contribution in [2.24, 2.45) is 0 Å². The van der Waals surface area contributed by atoms with E-state index < -0.39 is 5.60 Å². The van der Waals surface area contributed by atoms with Gasteiger partial charge in [-0.25, -0.2) is 9.78 Å². The Hall–Kier alpha value is -3.00. The minimum absolute atomic E-state index is 0.0000803. The number of ether oxygens (including phenoxy) is 3. The third-order valence-corrected chi connectivity index (χ3v) is 5.37. The second kappa shape index (κ2) is 15.9. The Morgan fingerprint density at radius 3 is 2.42 bits per heavy atom. The zero-order valence-electron chi connectivity index (χ0n) is 22.8. The molecule has 0 aliphatic heterocycles. The molecule has 0 spiro atoms. The summed E-state index contributed by atoms with van der Waals surface area (Å²) in [6.07, 6.45) is 4.85. The molecule has 0 saturated carbocycles. The number of Topliss-reactive ketones (excluding diaryl/α,β-unsaturated/α-hetero) is 1. The summed E-state index contributed by atoms with van der Waals surface area (Å²) in [7, 11) is 4.86. The van der Waals surface area contributed by atoms with E-state index >= 15 is 0 Å². The molecular weight excluding hydrogens is 460 g/mol. The van der Waals surface area contributed by atoms with Crippen molar-refractivity contribution < 1.29 is 28.6 Å². The lowest BCUT2D eigenvalue weighted by Gasteiger charge is -2.25. The Kier molecular flexibility index (Phi) is 13.7. The normalized spacial score (nSPS) is 11.8. The van der Waals surface area contributed by atoms with E-state index in [2.05, 4.69) is 11.9 Å². The number of amides is 1. The molecule has 1 unspecified atom stereocenters. The average Bonchev–Trinajstić information content (AvgIpc) is 2.85. The van der Waals surface area contributed by atoms with Gasteiger partial charge in [0.1, 0.15) is 11.9 Å². The van der Waals surface area contributed by atoms with Crippen LogP contribution in [0.1, 0.15) is 76.6 Å². The Labute approximate surface area is 215 Å². The van der Waals surface area contributed by atoms with Gasteiger partial charge >= 0.3 is 6.09 Å². The minimum Gasteiger partial charge on any atom is -0.480 e. The maximum atomic E-state index is 12.1. The summed E-state index contributed by atoms with van der Waals surface area (Å²) in [5.74, 6) is 0.529. The van der Waals surface area contributed by atoms with Gasteiger partial charge in [-0.2, -0.15) is 0 Å². The Balaban J connectivity index is 0.000000360. The second-order valence-electron chi connectivity index (χ2n) is 9.56. The van der Waals surface area contributed by atoms with Gasteiger partial charge in [-0.1, -0.05) is 31.5 Å². The van der Waals surface area contributed by atoms with Crippen LogP contribution >= 0.6 is 0 Å². The van der Waals surface area contributed by atoms with Crippen LogP contribution in [0.3, 0.4) is 0 Å². The quantitative estimate of drug-likeness (QED) is 0.265. The summed E-state index contributed by atoms with van der Waals surface area (Å²) in [5, 5.41) is 0.971. The molecule has 0 aliphatic rings. The number of pyridine rings is 1. The number of carbonyl (C=O) groups is 3. The first-order valence-electron chi connectivity index (χ1n) is 12.4. The van der Waals surface area contributed by atoms with E-state index in [1.807, 2.05) is 51.1 Å². The van der Waals surface area contributed by atoms with Crippen LogP contribution in [0.15, 0.2) is 30.3 Å². The predicted molar refractivity (Wildman–Crippen MR) is 142 cm³/mol. The predicted octanol–water partition coefficient (Wildman–Crippen LogP) is 5.85. The maximum Gasteiger partial charge on any atom is 0.410 e. The molecule has 36 heavy (non-hydrogen) atoms. The van der Waals surface area contributed by atoms with Crippen molar-refractivity contribution >= 4 is 29.1 Å². The number of para-hydroxylation sites is 1. The third-order valence-electron chi connectivity index (χ3n) is 5.37. The molecule has 0 fully saturated rings. The molecule has 1 amide bonds. The van der Waals surface area contributed by atoms with Crippen LogP contribution in [0.2, 0.25) is 0 Å². The molecule has 0 N–H and O–H groups in total. The molecule has 0 radical (unpaired) electrons. The van der Waals surface area contributed by atoms with E-state index in [1.54, 1.807) is 21.3 Å². The molecule has 1 atom stereocenters. The number of benzene rings is 1. The molecule has 1 heterocycles. The Morgan fingerprint density at radius 2 is 1.83 bits per heavy atom. The van der Waals surface area contributed by atoms with Crippen LogP contribution in [0.25, 0.3) is 10.9 Å². The van der Waals surface area contributed by atoms with Gasteiger partial charge in [0.05, 0.1) is 24.3 Å². The number of hydrogen-bond acceptors (Lipinski definition) is 7. The highest BCUT2D eigenvalue weighted by molar-refractivity contribution is 6.01. The maximum absolute atomic E-state index is 12.1. The van der Waals surface area contributed by atoms with Gasteiger partial charge in [0.15, 0.2) is 5.78 Å². The van der Waals surface area contributed by atoms with Crippen molar-refractivity contribution in [3.63, 3.8) is 0 Å². The van der Waals surface area contributed by atoms with E-state index in [4.69, 9.17) is 14.2 Å². The highest BCUT2D eigenvalue weighted by Gasteiger charge is 2.20. The van der Waals surface area contributed by atoms with E-state index in [0.29, 0.717) is 43.7 Å². The zero-order valence-corrected chi connectivity index (χ0v) is 22.8. The first-order valence-corrected chi connectivity index (χ1v) is 12.4. The summed E-state index contributed by atoms with van der Waals surface area (Å²) in [5.41, 5.74) is 0.954. The van der Waals surface area contributed by atoms with Gasteiger partial charge in [-0.15, -0.1) is 0 Å². The molecule has 8 nitrogen and oxygen atoms in total. The lowest BCUT2D eigenvalue weighted by atomic mass is 10.0. The zero-order chi connectivity index (χ0) is 27.1. The fraction of sp³-hybridized carbons (Fsp3) is 0.571. The van der Waals surface area contributed by atoms with Gasteiger partial charge in [0.25, 0.3) is 0 Å². The number of hydrogen-bond donors (Lipinski definition) is 0. The summed E-state index contributed by atoms with van der Waals surface area (Å²) in [6.45, 7) is 8.12. The Morgan fingerprint density at radius 1 is 1.14 bits per heavy atom. The number of aldehydes is 1. The van der Waals surface area contributed by atoms with Crippen LogP contribution < -0.4 is 4.74 Å². The van der Waals surface area contributed by atoms with Crippen molar-refractivity contribution in [2.45, 2.75) is 77.9 Å². The first kappa shape index (κ1) is 31.0. The van der Waals surface area contributed by atoms with Crippen molar-refractivity contribution in [3.8, 4) is 5.88 Å². The molecule has 0 bridgehead atoms. The highest BCUT2D eigenvalue weighted by Crippen LogP contribution is 2.23. The van der Waals surface area contributed by atoms with Gasteiger partial charge < -0.3 is 23.9 Å². The standard InChI is InChI=1S/C15H17NO2.C13H25NO4/c1-3-4-9-14(17)12-10-11-7-5-6-8-13(11)16-15(12)18-2;1-13(2,3)18-12(16)14(4)9-8-11(17-5)7-6-10-15/h5-8,10H,3-4,9H2,1-2H3;10-11H,6-9H2,1-5H3. The molecule has 200 valence electrons. The van der Waals surface area contributed by atoms with Crippen molar-refractivity contribution in [1.29, 1.82) is 0 Å². The second-order valence-corrected chi connectivity index (χ2v) is 9.56. The van der Waals surface area contributed by atoms with Crippen LogP contribution in [0, 0.1) is 0 Å². The number of aromatic nitrogens is 1. The van der Waals surface area contributed by atoms with Crippen molar-refractivity contribution in [2.75, 3.05) is 27.8 Å². The SMILES string of the molecule is CCCCC(=O)c1cc2ccccc2nc1OC.COC(CCC=O)CCN(C)C(=O)OC(C)(C)C. The fourth-order valence-corrected chi connectivity index (χ4v) is 3.33. The molecule has 8 heteroatoms. The third kappa shape index (κ3) is 11.2. The molecule has 0 aliphatic carbocycles. The minimum atomic E-state index is -0.483. The van der Waals surface area contributed by atoms with Crippen molar-refractivity contribution in [3.05, 3.63) is 35.9 Å². The van der Waals surface area contributed by atoms with Crippen LogP contribution in [0.4, 0.5) is 4.79 Å². The number of carbonyl (C=O) groups excluding carboxylic acids is 3. The van der Waals surface area contributed by atoms with Gasteiger partial charge in [-0.3, -0.25) is 4.79 Å². The van der Waals surface area contributed by atoms with Crippen LogP contribution in [-0.4, -0.2) is 67.6 Å². The molecule has 1 aromatic heterocycles. The summed E-state index contributed by atoms with van der Waals surface area (Å²) in [4.78, 5) is 40.0. The first-order chi connectivity index (χ1) is 17.1. The molecule has 0 saturated heterocycles. The smallest absolute Gasteiger partial charge is 0.410 e. The molecular formula is C28H42N2O6. The van der Waals surface area contributed by atoms with Crippen LogP contribution in [-0.2, 0) is 14.3 Å². The van der Waals surface area contributed by atoms with Gasteiger partial charge in [-0.05, 0) is 52.2 Å². The number of nitrogens with zero attached hydrogens (tertiary/aromatic N) is 2. The number of rotatable bonds is 12. The highest BCUT2D eigenvalue weighted by atomic mass is 16.6. The average molecular weight is 503 g/mol. The Bertz CT molecular complexity index is 970. The largest absolute Gasteiger partial charge is 0.480 e. The molecule has 1 aromatic carbocycles. The fourth-order valence-electron chi connectivity index (χ4n) is 3.33. The van der Waals surface area contributed by atoms with E-state index in [-0.39, 0.29) is 18.0 Å². The summed E-state index contributed by atoms with van der Waals surface area (Å²) < 4.78 is 15.7. The van der Waals surface area contributed by atoms with E-state index in [0.717, 1.165) is 30.0 Å². The molecule has 2 rings (SSSR count). The van der Waals surface area contributed by atoms with Gasteiger partial charge in [0.2, 0.25) is 5.88 Å². The number of methoxy groups -OCH3 is 2. The van der Waals surface area contributed by atoms with E-state index in [1.165, 1.54) is 4.90 Å². The lowest BCUT2D eigenvalue weighted by molar-refractivity contribution is -0.108. The van der Waals surface area contributed by atoms with Crippen molar-refractivity contribution in [1.82, 2.24) is 9.88 Å². The number of fused-ring (bicyclic) bond motifs is 1. The summed E-state index contributed by atoms with van der Waals surface area (Å²) >= 11 is 0. The van der Waals surface area contributed by atoms with Gasteiger partial charge in [0, 0.05) is 38.9 Å². The van der Waals surface area contributed by atoms with E-state index in [9.17, 15) is 14.4 Å². The lowest BCUT2D eigenvalue weighted by Crippen LogP contribution is -2.35. The monoisotopic (exact) mass is 502 g/mol. The molecule has 2 aromatic rings. The number of unbranched alkanes of at least 4 members (excludes halogenated alkanes) is 1. The topological polar surface area (TPSA) is 95.0 Å².